The largest absolute Gasteiger partial charge is 0.479 e. The molecule has 1 heterocycles. The van der Waals surface area contributed by atoms with E-state index in [2.05, 4.69) is 0 Å². The molecule has 0 aromatic heterocycles. The van der Waals surface area contributed by atoms with Crippen LogP contribution in [0.1, 0.15) is 18.1 Å². The molecule has 2 aromatic rings. The molecule has 0 fully saturated rings. The summed E-state index contributed by atoms with van der Waals surface area (Å²) >= 11 is 6.08. The van der Waals surface area contributed by atoms with E-state index in [4.69, 9.17) is 16.3 Å². The Morgan fingerprint density at radius 1 is 1.32 bits per heavy atom. The molecule has 0 aliphatic carbocycles. The van der Waals surface area contributed by atoms with E-state index in [0.717, 1.165) is 5.56 Å². The summed E-state index contributed by atoms with van der Waals surface area (Å²) in [7, 11) is 0. The van der Waals surface area contributed by atoms with Gasteiger partial charge in [0.05, 0.1) is 12.2 Å². The van der Waals surface area contributed by atoms with E-state index in [1.54, 1.807) is 19.1 Å². The quantitative estimate of drug-likeness (QED) is 0.834. The van der Waals surface area contributed by atoms with Gasteiger partial charge >= 0.3 is 0 Å². The predicted molar refractivity (Wildman–Crippen MR) is 83.9 cm³/mol. The molecule has 22 heavy (non-hydrogen) atoms. The maximum Gasteiger partial charge on any atom is 0.268 e. The first-order valence-corrected chi connectivity index (χ1v) is 7.36. The number of ether oxygens (including phenoxy) is 1. The Labute approximate surface area is 133 Å². The molecule has 0 spiro atoms. The second-order valence-corrected chi connectivity index (χ2v) is 5.76. The second-order valence-electron chi connectivity index (χ2n) is 5.36. The molecule has 1 unspecified atom stereocenters. The van der Waals surface area contributed by atoms with E-state index in [1.165, 1.54) is 11.0 Å². The molecule has 0 N–H and O–H groups in total. The van der Waals surface area contributed by atoms with Crippen LogP contribution in [0.2, 0.25) is 5.02 Å². The second kappa shape index (κ2) is 5.61. The van der Waals surface area contributed by atoms with Gasteiger partial charge in [0, 0.05) is 10.6 Å². The summed E-state index contributed by atoms with van der Waals surface area (Å²) in [6.07, 6.45) is -0.610. The highest BCUT2D eigenvalue weighted by Gasteiger charge is 2.32. The number of halogens is 2. The Hall–Kier alpha value is -2.07. The number of benzene rings is 2. The van der Waals surface area contributed by atoms with Gasteiger partial charge in [0.1, 0.15) is 11.6 Å². The van der Waals surface area contributed by atoms with Crippen molar-refractivity contribution in [1.29, 1.82) is 0 Å². The van der Waals surface area contributed by atoms with Crippen molar-refractivity contribution in [3.05, 3.63) is 58.4 Å². The zero-order valence-corrected chi connectivity index (χ0v) is 13.0. The Morgan fingerprint density at radius 3 is 2.82 bits per heavy atom. The van der Waals surface area contributed by atoms with Crippen molar-refractivity contribution < 1.29 is 13.9 Å². The van der Waals surface area contributed by atoms with Crippen molar-refractivity contribution in [3.8, 4) is 5.75 Å². The number of carbonyl (C=O) groups excluding carboxylic acids is 1. The van der Waals surface area contributed by atoms with Gasteiger partial charge < -0.3 is 9.64 Å². The lowest BCUT2D eigenvalue weighted by Crippen LogP contribution is -2.44. The predicted octanol–water partition coefficient (Wildman–Crippen LogP) is 4.10. The molecule has 1 aliphatic rings. The molecule has 0 radical (unpaired) electrons. The third kappa shape index (κ3) is 2.55. The first-order chi connectivity index (χ1) is 10.5. The van der Waals surface area contributed by atoms with Crippen molar-refractivity contribution in [2.45, 2.75) is 26.5 Å². The number of aryl methyl sites for hydroxylation is 1. The lowest BCUT2D eigenvalue weighted by molar-refractivity contribution is -0.125. The summed E-state index contributed by atoms with van der Waals surface area (Å²) in [5.41, 5.74) is 1.94. The molecule has 3 nitrogen and oxygen atoms in total. The van der Waals surface area contributed by atoms with Crippen LogP contribution in [-0.2, 0) is 11.3 Å². The van der Waals surface area contributed by atoms with Crippen molar-refractivity contribution in [2.75, 3.05) is 4.90 Å². The number of fused-ring (bicyclic) bond motifs is 1. The summed E-state index contributed by atoms with van der Waals surface area (Å²) < 4.78 is 19.6. The minimum absolute atomic E-state index is 0.0779. The Kier molecular flexibility index (Phi) is 3.79. The molecule has 114 valence electrons. The van der Waals surface area contributed by atoms with Crippen LogP contribution in [0.25, 0.3) is 0 Å². The van der Waals surface area contributed by atoms with Gasteiger partial charge in [-0.05, 0) is 43.7 Å². The van der Waals surface area contributed by atoms with Gasteiger partial charge in [-0.1, -0.05) is 23.7 Å². The standard InChI is InChI=1S/C17H15ClFNO2/c1-10-6-7-16-15(8-10)20(17(21)11(2)22-16)9-12-13(18)4-3-5-14(12)19/h3-8,11H,9H2,1-2H3. The SMILES string of the molecule is Cc1ccc2c(c1)N(Cc1c(F)cccc1Cl)C(=O)C(C)O2. The fourth-order valence-electron chi connectivity index (χ4n) is 2.52. The van der Waals surface area contributed by atoms with Gasteiger partial charge in [-0.15, -0.1) is 0 Å². The van der Waals surface area contributed by atoms with Crippen LogP contribution in [0, 0.1) is 12.7 Å². The molecule has 0 saturated heterocycles. The Balaban J connectivity index is 2.06. The molecule has 0 bridgehead atoms. The van der Waals surface area contributed by atoms with E-state index < -0.39 is 11.9 Å². The van der Waals surface area contributed by atoms with Crippen LogP contribution in [0.4, 0.5) is 10.1 Å². The van der Waals surface area contributed by atoms with Gasteiger partial charge in [0.25, 0.3) is 5.91 Å². The average molecular weight is 320 g/mol. The molecule has 1 amide bonds. The number of rotatable bonds is 2. The summed E-state index contributed by atoms with van der Waals surface area (Å²) in [4.78, 5) is 14.0. The van der Waals surface area contributed by atoms with Crippen molar-refractivity contribution in [1.82, 2.24) is 0 Å². The number of nitrogens with zero attached hydrogens (tertiary/aromatic N) is 1. The zero-order valence-electron chi connectivity index (χ0n) is 12.3. The summed E-state index contributed by atoms with van der Waals surface area (Å²) in [6.45, 7) is 3.69. The minimum atomic E-state index is -0.610. The van der Waals surface area contributed by atoms with Crippen LogP contribution in [0.15, 0.2) is 36.4 Å². The monoisotopic (exact) mass is 319 g/mol. The zero-order chi connectivity index (χ0) is 15.9. The number of anilines is 1. The molecule has 1 aliphatic heterocycles. The summed E-state index contributed by atoms with van der Waals surface area (Å²) in [5, 5.41) is 0.307. The number of carbonyl (C=O) groups is 1. The number of hydrogen-bond donors (Lipinski definition) is 0. The van der Waals surface area contributed by atoms with Gasteiger partial charge in [-0.2, -0.15) is 0 Å². The molecule has 5 heteroatoms. The first-order valence-electron chi connectivity index (χ1n) is 6.99. The van der Waals surface area contributed by atoms with Crippen LogP contribution in [0.5, 0.6) is 5.75 Å². The Morgan fingerprint density at radius 2 is 2.09 bits per heavy atom. The van der Waals surface area contributed by atoms with E-state index in [1.807, 2.05) is 25.1 Å². The third-order valence-electron chi connectivity index (χ3n) is 3.70. The molecular weight excluding hydrogens is 305 g/mol. The van der Waals surface area contributed by atoms with Crippen LogP contribution < -0.4 is 9.64 Å². The summed E-state index contributed by atoms with van der Waals surface area (Å²) in [5.74, 6) is -0.0174. The fraction of sp³-hybridized carbons (Fsp3) is 0.235. The highest BCUT2D eigenvalue weighted by Crippen LogP contribution is 2.36. The van der Waals surface area contributed by atoms with Crippen molar-refractivity contribution in [2.24, 2.45) is 0 Å². The highest BCUT2D eigenvalue weighted by molar-refractivity contribution is 6.31. The maximum absolute atomic E-state index is 14.0. The van der Waals surface area contributed by atoms with Gasteiger partial charge in [0.2, 0.25) is 0 Å². The molecule has 1 atom stereocenters. The normalized spacial score (nSPS) is 17.2. The third-order valence-corrected chi connectivity index (χ3v) is 4.05. The van der Waals surface area contributed by atoms with Gasteiger partial charge in [-0.25, -0.2) is 4.39 Å². The van der Waals surface area contributed by atoms with E-state index in [0.29, 0.717) is 22.0 Å². The summed E-state index contributed by atoms with van der Waals surface area (Å²) in [6, 6.07) is 10.1. The van der Waals surface area contributed by atoms with Gasteiger partial charge in [-0.3, -0.25) is 4.79 Å². The maximum atomic E-state index is 14.0. The topological polar surface area (TPSA) is 29.5 Å². The lowest BCUT2D eigenvalue weighted by atomic mass is 10.1. The number of amides is 1. The smallest absolute Gasteiger partial charge is 0.268 e. The minimum Gasteiger partial charge on any atom is -0.479 e. The van der Waals surface area contributed by atoms with Crippen LogP contribution in [0.3, 0.4) is 0 Å². The fourth-order valence-corrected chi connectivity index (χ4v) is 2.74. The average Bonchev–Trinajstić information content (AvgIpc) is 2.47. The van der Waals surface area contributed by atoms with E-state index >= 15 is 0 Å². The van der Waals surface area contributed by atoms with E-state index in [-0.39, 0.29) is 12.5 Å². The van der Waals surface area contributed by atoms with Crippen molar-refractivity contribution >= 4 is 23.2 Å². The molecule has 3 rings (SSSR count). The molecule has 0 saturated carbocycles. The van der Waals surface area contributed by atoms with E-state index in [9.17, 15) is 9.18 Å². The number of hydrogen-bond acceptors (Lipinski definition) is 2. The molecule has 2 aromatic carbocycles. The van der Waals surface area contributed by atoms with Crippen LogP contribution in [-0.4, -0.2) is 12.0 Å². The Bertz CT molecular complexity index is 727. The molecular formula is C17H15ClFNO2. The van der Waals surface area contributed by atoms with Gasteiger partial charge in [0.15, 0.2) is 6.10 Å². The lowest BCUT2D eigenvalue weighted by Gasteiger charge is -2.33. The van der Waals surface area contributed by atoms with Crippen LogP contribution >= 0.6 is 11.6 Å². The highest BCUT2D eigenvalue weighted by atomic mass is 35.5. The first kappa shape index (κ1) is 14.9. The van der Waals surface area contributed by atoms with Crippen molar-refractivity contribution in [3.63, 3.8) is 0 Å².